The van der Waals surface area contributed by atoms with Gasteiger partial charge in [-0.1, -0.05) is 30.3 Å². The SMILES string of the molecule is COC(=O)c1cc2cc(NC(=O)CN(Cc3ccccc3)S(=O)(=O)c3ccc(OC)cc3)ccc2s1. The van der Waals surface area contributed by atoms with Crippen LogP contribution in [0.3, 0.4) is 0 Å². The number of benzene rings is 3. The van der Waals surface area contributed by atoms with Gasteiger partial charge in [0, 0.05) is 16.9 Å². The lowest BCUT2D eigenvalue weighted by molar-refractivity contribution is -0.116. The Bertz CT molecular complexity index is 1480. The van der Waals surface area contributed by atoms with Crippen LogP contribution in [0.25, 0.3) is 10.1 Å². The number of anilines is 1. The zero-order valence-corrected chi connectivity index (χ0v) is 21.3. The lowest BCUT2D eigenvalue weighted by Crippen LogP contribution is -2.37. The number of nitrogens with zero attached hydrogens (tertiary/aromatic N) is 1. The van der Waals surface area contributed by atoms with Crippen LogP contribution in [-0.2, 0) is 26.1 Å². The van der Waals surface area contributed by atoms with E-state index < -0.39 is 28.4 Å². The molecule has 1 N–H and O–H groups in total. The smallest absolute Gasteiger partial charge is 0.348 e. The Labute approximate surface area is 213 Å². The molecule has 0 saturated heterocycles. The summed E-state index contributed by atoms with van der Waals surface area (Å²) in [4.78, 5) is 25.3. The van der Waals surface area contributed by atoms with Gasteiger partial charge in [-0.15, -0.1) is 11.3 Å². The predicted molar refractivity (Wildman–Crippen MR) is 139 cm³/mol. The van der Waals surface area contributed by atoms with Crippen LogP contribution >= 0.6 is 11.3 Å². The number of nitrogens with one attached hydrogen (secondary N) is 1. The van der Waals surface area contributed by atoms with Crippen LogP contribution in [0.15, 0.2) is 83.8 Å². The third-order valence-corrected chi connectivity index (χ3v) is 8.31. The molecule has 1 amide bonds. The van der Waals surface area contributed by atoms with Gasteiger partial charge < -0.3 is 14.8 Å². The van der Waals surface area contributed by atoms with Crippen molar-refractivity contribution in [1.29, 1.82) is 0 Å². The summed E-state index contributed by atoms with van der Waals surface area (Å²) in [7, 11) is -1.17. The number of amides is 1. The van der Waals surface area contributed by atoms with E-state index in [4.69, 9.17) is 9.47 Å². The van der Waals surface area contributed by atoms with Crippen LogP contribution in [0.2, 0.25) is 0 Å². The first kappa shape index (κ1) is 25.4. The number of thiophene rings is 1. The van der Waals surface area contributed by atoms with Crippen molar-refractivity contribution in [2.45, 2.75) is 11.4 Å². The van der Waals surface area contributed by atoms with Crippen LogP contribution < -0.4 is 10.1 Å². The average Bonchev–Trinajstić information content (AvgIpc) is 3.32. The van der Waals surface area contributed by atoms with Gasteiger partial charge in [-0.25, -0.2) is 13.2 Å². The van der Waals surface area contributed by atoms with Gasteiger partial charge >= 0.3 is 5.97 Å². The van der Waals surface area contributed by atoms with E-state index in [1.54, 1.807) is 48.5 Å². The Hall–Kier alpha value is -3.73. The summed E-state index contributed by atoms with van der Waals surface area (Å²) in [5, 5.41) is 3.54. The molecule has 36 heavy (non-hydrogen) atoms. The van der Waals surface area contributed by atoms with Crippen molar-refractivity contribution in [3.05, 3.63) is 89.3 Å². The number of hydrogen-bond acceptors (Lipinski definition) is 7. The molecule has 3 aromatic carbocycles. The fraction of sp³-hybridized carbons (Fsp3) is 0.154. The third kappa shape index (κ3) is 5.73. The number of carbonyl (C=O) groups is 2. The summed E-state index contributed by atoms with van der Waals surface area (Å²) in [6.07, 6.45) is 0. The minimum Gasteiger partial charge on any atom is -0.497 e. The number of esters is 1. The zero-order valence-electron chi connectivity index (χ0n) is 19.6. The van der Waals surface area contributed by atoms with Crippen LogP contribution in [-0.4, -0.2) is 45.4 Å². The van der Waals surface area contributed by atoms with Crippen LogP contribution in [0.5, 0.6) is 5.75 Å². The van der Waals surface area contributed by atoms with Gasteiger partial charge in [-0.2, -0.15) is 4.31 Å². The molecule has 0 aliphatic heterocycles. The second-order valence-electron chi connectivity index (χ2n) is 7.84. The molecule has 0 aliphatic carbocycles. The predicted octanol–water partition coefficient (Wildman–Crippen LogP) is 4.53. The molecule has 1 heterocycles. The molecule has 0 radical (unpaired) electrons. The highest BCUT2D eigenvalue weighted by atomic mass is 32.2. The highest BCUT2D eigenvalue weighted by Gasteiger charge is 2.27. The Balaban J connectivity index is 1.57. The van der Waals surface area contributed by atoms with E-state index in [0.29, 0.717) is 16.3 Å². The molecule has 0 fully saturated rings. The Morgan fingerprint density at radius 3 is 2.33 bits per heavy atom. The van der Waals surface area contributed by atoms with Crippen molar-refractivity contribution >= 4 is 49.0 Å². The highest BCUT2D eigenvalue weighted by molar-refractivity contribution is 7.89. The molecule has 10 heteroatoms. The van der Waals surface area contributed by atoms with E-state index in [-0.39, 0.29) is 11.4 Å². The number of hydrogen-bond donors (Lipinski definition) is 1. The summed E-state index contributed by atoms with van der Waals surface area (Å²) in [5.74, 6) is -0.395. The van der Waals surface area contributed by atoms with Gasteiger partial charge in [0.15, 0.2) is 0 Å². The van der Waals surface area contributed by atoms with Gasteiger partial charge in [0.05, 0.1) is 25.7 Å². The van der Waals surface area contributed by atoms with E-state index in [1.165, 1.54) is 37.7 Å². The molecule has 0 bridgehead atoms. The van der Waals surface area contributed by atoms with Crippen molar-refractivity contribution < 1.29 is 27.5 Å². The van der Waals surface area contributed by atoms with Crippen molar-refractivity contribution in [2.75, 3.05) is 26.1 Å². The molecule has 4 aromatic rings. The Morgan fingerprint density at radius 2 is 1.67 bits per heavy atom. The summed E-state index contributed by atoms with van der Waals surface area (Å²) < 4.78 is 38.8. The number of fused-ring (bicyclic) bond motifs is 1. The molecule has 0 spiro atoms. The minimum absolute atomic E-state index is 0.0225. The third-order valence-electron chi connectivity index (χ3n) is 5.41. The van der Waals surface area contributed by atoms with Crippen molar-refractivity contribution in [2.24, 2.45) is 0 Å². The maximum Gasteiger partial charge on any atom is 0.348 e. The van der Waals surface area contributed by atoms with E-state index in [1.807, 2.05) is 18.2 Å². The fourth-order valence-corrected chi connectivity index (χ4v) is 5.94. The van der Waals surface area contributed by atoms with Crippen LogP contribution in [0.1, 0.15) is 15.2 Å². The van der Waals surface area contributed by atoms with Crippen LogP contribution in [0.4, 0.5) is 5.69 Å². The maximum atomic E-state index is 13.5. The monoisotopic (exact) mass is 524 g/mol. The van der Waals surface area contributed by atoms with Crippen molar-refractivity contribution in [1.82, 2.24) is 4.31 Å². The number of rotatable bonds is 9. The van der Waals surface area contributed by atoms with Crippen molar-refractivity contribution in [3.63, 3.8) is 0 Å². The molecule has 0 saturated carbocycles. The summed E-state index contributed by atoms with van der Waals surface area (Å²) in [5.41, 5.74) is 1.24. The van der Waals surface area contributed by atoms with Gasteiger partial charge in [-0.3, -0.25) is 4.79 Å². The van der Waals surface area contributed by atoms with E-state index in [2.05, 4.69) is 5.32 Å². The standard InChI is InChI=1S/C26H24N2O6S2/c1-33-21-9-11-22(12-10-21)36(31,32)28(16-18-6-4-3-5-7-18)17-25(29)27-20-8-13-23-19(14-20)15-24(35-23)26(30)34-2/h3-15H,16-17H2,1-2H3,(H,27,29). The maximum absolute atomic E-state index is 13.5. The van der Waals surface area contributed by atoms with Crippen LogP contribution in [0, 0.1) is 0 Å². The number of methoxy groups -OCH3 is 2. The second-order valence-corrected chi connectivity index (χ2v) is 10.9. The number of ether oxygens (including phenoxy) is 2. The van der Waals surface area contributed by atoms with Gasteiger partial charge in [0.25, 0.3) is 0 Å². The number of carbonyl (C=O) groups excluding carboxylic acids is 2. The fourth-order valence-electron chi connectivity index (χ4n) is 3.59. The van der Waals surface area contributed by atoms with Gasteiger partial charge in [0.1, 0.15) is 10.6 Å². The minimum atomic E-state index is -3.99. The average molecular weight is 525 g/mol. The first-order valence-corrected chi connectivity index (χ1v) is 13.2. The molecule has 8 nitrogen and oxygen atoms in total. The highest BCUT2D eigenvalue weighted by Crippen LogP contribution is 2.29. The second kappa shape index (κ2) is 10.9. The van der Waals surface area contributed by atoms with E-state index in [0.717, 1.165) is 20.0 Å². The number of sulfonamides is 1. The molecule has 0 unspecified atom stereocenters. The first-order chi connectivity index (χ1) is 17.3. The quantitative estimate of drug-likeness (QED) is 0.323. The molecular formula is C26H24N2O6S2. The molecular weight excluding hydrogens is 500 g/mol. The molecule has 1 aromatic heterocycles. The largest absolute Gasteiger partial charge is 0.497 e. The Morgan fingerprint density at radius 1 is 0.944 bits per heavy atom. The molecule has 0 aliphatic rings. The van der Waals surface area contributed by atoms with E-state index in [9.17, 15) is 18.0 Å². The first-order valence-electron chi connectivity index (χ1n) is 10.9. The molecule has 186 valence electrons. The summed E-state index contributed by atoms with van der Waals surface area (Å²) in [6.45, 7) is -0.368. The van der Waals surface area contributed by atoms with Gasteiger partial charge in [-0.05, 0) is 59.5 Å². The zero-order chi connectivity index (χ0) is 25.7. The Kier molecular flexibility index (Phi) is 7.68. The van der Waals surface area contributed by atoms with E-state index >= 15 is 0 Å². The lowest BCUT2D eigenvalue weighted by Gasteiger charge is -2.22. The summed E-state index contributed by atoms with van der Waals surface area (Å²) in [6, 6.07) is 22.0. The summed E-state index contributed by atoms with van der Waals surface area (Å²) >= 11 is 1.29. The topological polar surface area (TPSA) is 102 Å². The molecule has 4 rings (SSSR count). The lowest BCUT2D eigenvalue weighted by atomic mass is 10.2. The van der Waals surface area contributed by atoms with Crippen molar-refractivity contribution in [3.8, 4) is 5.75 Å². The normalized spacial score (nSPS) is 11.4. The molecule has 0 atom stereocenters. The van der Waals surface area contributed by atoms with Gasteiger partial charge in [0.2, 0.25) is 15.9 Å².